The molecule has 1 aliphatic rings. The lowest BCUT2D eigenvalue weighted by Crippen LogP contribution is -2.29. The van der Waals surface area contributed by atoms with Crippen LogP contribution in [-0.2, 0) is 0 Å². The molecule has 1 heterocycles. The molecular formula is C47H43ClN4. The standard InChI is InChI=1S/C47H43ClN4/c1-3-38(34-22-11-6-12-23-34)42(35-24-9-4-5-10-25-35)50-44(39-30-18-17-21-33(39)2)46(49)52-45(37-28-15-8-16-29-37)43(36-26-13-7-14-27-36)51-47(52)40-31-19-20-32-41(40)48/h4-24,26-32,38,44,46H,3,25,49H2,1-2H3. The zero-order valence-corrected chi connectivity index (χ0v) is 30.4. The summed E-state index contributed by atoms with van der Waals surface area (Å²) in [6, 6.07) is 47.3. The second-order valence-corrected chi connectivity index (χ2v) is 13.5. The van der Waals surface area contributed by atoms with E-state index in [9.17, 15) is 0 Å². The summed E-state index contributed by atoms with van der Waals surface area (Å²) in [6.07, 6.45) is 11.7. The lowest BCUT2D eigenvalue weighted by molar-refractivity contribution is 0.439. The van der Waals surface area contributed by atoms with Gasteiger partial charge in [0.2, 0.25) is 0 Å². The maximum absolute atomic E-state index is 7.77. The lowest BCUT2D eigenvalue weighted by atomic mass is 9.85. The molecule has 0 radical (unpaired) electrons. The first-order valence-corrected chi connectivity index (χ1v) is 18.4. The highest BCUT2D eigenvalue weighted by Gasteiger charge is 2.32. The highest BCUT2D eigenvalue weighted by atomic mass is 35.5. The fraction of sp³-hybridized carbons (Fsp3) is 0.149. The minimum absolute atomic E-state index is 0.0605. The van der Waals surface area contributed by atoms with Crippen molar-refractivity contribution in [2.75, 3.05) is 0 Å². The van der Waals surface area contributed by atoms with Crippen molar-refractivity contribution in [3.63, 3.8) is 0 Å². The maximum atomic E-state index is 7.77. The zero-order valence-electron chi connectivity index (χ0n) is 29.6. The van der Waals surface area contributed by atoms with Gasteiger partial charge in [0.1, 0.15) is 18.0 Å². The summed E-state index contributed by atoms with van der Waals surface area (Å²) in [4.78, 5) is 11.3. The molecule has 7 rings (SSSR count). The molecule has 4 nitrogen and oxygen atoms in total. The van der Waals surface area contributed by atoms with Crippen LogP contribution >= 0.6 is 11.6 Å². The monoisotopic (exact) mass is 698 g/mol. The van der Waals surface area contributed by atoms with Crippen LogP contribution in [0.4, 0.5) is 0 Å². The SMILES string of the molecule is CCC(C(=NC(c1ccccc1C)C(N)n1c(-c2ccccc2Cl)nc(-c2ccccc2)c1-c1ccccc1)C1=CC=CC=CC1)c1ccccc1. The Labute approximate surface area is 312 Å². The summed E-state index contributed by atoms with van der Waals surface area (Å²) >= 11 is 7.00. The lowest BCUT2D eigenvalue weighted by Gasteiger charge is -2.30. The van der Waals surface area contributed by atoms with Gasteiger partial charge in [-0.15, -0.1) is 0 Å². The molecule has 0 fully saturated rings. The predicted octanol–water partition coefficient (Wildman–Crippen LogP) is 12.1. The van der Waals surface area contributed by atoms with E-state index < -0.39 is 12.2 Å². The van der Waals surface area contributed by atoms with Crippen molar-refractivity contribution in [2.24, 2.45) is 10.7 Å². The van der Waals surface area contributed by atoms with Crippen LogP contribution in [0.3, 0.4) is 0 Å². The number of hydrogen-bond donors (Lipinski definition) is 1. The van der Waals surface area contributed by atoms with Gasteiger partial charge in [-0.05, 0) is 54.2 Å². The predicted molar refractivity (Wildman–Crippen MR) is 219 cm³/mol. The van der Waals surface area contributed by atoms with E-state index in [0.717, 1.165) is 57.8 Å². The first-order valence-electron chi connectivity index (χ1n) is 18.0. The molecule has 5 aromatic carbocycles. The van der Waals surface area contributed by atoms with Crippen molar-refractivity contribution in [1.82, 2.24) is 9.55 Å². The molecule has 1 aliphatic carbocycles. The van der Waals surface area contributed by atoms with E-state index in [1.807, 2.05) is 48.5 Å². The van der Waals surface area contributed by atoms with Crippen molar-refractivity contribution < 1.29 is 0 Å². The topological polar surface area (TPSA) is 56.2 Å². The van der Waals surface area contributed by atoms with Crippen LogP contribution in [0.15, 0.2) is 180 Å². The van der Waals surface area contributed by atoms with E-state index in [-0.39, 0.29) is 5.92 Å². The van der Waals surface area contributed by atoms with Gasteiger partial charge in [0, 0.05) is 28.3 Å². The van der Waals surface area contributed by atoms with Gasteiger partial charge in [-0.3, -0.25) is 4.99 Å². The quantitative estimate of drug-likeness (QED) is 0.137. The van der Waals surface area contributed by atoms with E-state index in [0.29, 0.717) is 10.8 Å². The van der Waals surface area contributed by atoms with Crippen LogP contribution in [0, 0.1) is 6.92 Å². The van der Waals surface area contributed by atoms with Gasteiger partial charge in [-0.1, -0.05) is 176 Å². The average Bonchev–Trinajstić information content (AvgIpc) is 3.38. The molecule has 3 atom stereocenters. The third-order valence-corrected chi connectivity index (χ3v) is 10.1. The Balaban J connectivity index is 1.55. The number of nitrogens with zero attached hydrogens (tertiary/aromatic N) is 3. The van der Waals surface area contributed by atoms with Crippen molar-refractivity contribution in [1.29, 1.82) is 0 Å². The van der Waals surface area contributed by atoms with Crippen LogP contribution in [0.5, 0.6) is 0 Å². The summed E-state index contributed by atoms with van der Waals surface area (Å²) < 4.78 is 2.18. The molecule has 5 heteroatoms. The number of rotatable bonds is 11. The van der Waals surface area contributed by atoms with Crippen LogP contribution in [0.25, 0.3) is 33.9 Å². The summed E-state index contributed by atoms with van der Waals surface area (Å²) in [5, 5.41) is 0.606. The van der Waals surface area contributed by atoms with Gasteiger partial charge in [0.25, 0.3) is 0 Å². The average molecular weight is 699 g/mol. The minimum Gasteiger partial charge on any atom is -0.309 e. The number of aromatic nitrogens is 2. The number of hydrogen-bond acceptors (Lipinski definition) is 3. The van der Waals surface area contributed by atoms with Crippen LogP contribution in [0.1, 0.15) is 54.6 Å². The molecule has 0 spiro atoms. The Kier molecular flexibility index (Phi) is 10.9. The molecule has 0 bridgehead atoms. The number of benzene rings is 5. The number of aryl methyl sites for hydroxylation is 1. The van der Waals surface area contributed by atoms with Crippen LogP contribution in [-0.4, -0.2) is 15.3 Å². The van der Waals surface area contributed by atoms with E-state index in [1.165, 1.54) is 11.1 Å². The summed E-state index contributed by atoms with van der Waals surface area (Å²) in [5.41, 5.74) is 18.0. The fourth-order valence-electron chi connectivity index (χ4n) is 7.20. The van der Waals surface area contributed by atoms with Crippen LogP contribution in [0.2, 0.25) is 5.02 Å². The van der Waals surface area contributed by atoms with E-state index in [1.54, 1.807) is 0 Å². The van der Waals surface area contributed by atoms with Gasteiger partial charge in [0.15, 0.2) is 0 Å². The van der Waals surface area contributed by atoms with Gasteiger partial charge >= 0.3 is 0 Å². The van der Waals surface area contributed by atoms with Gasteiger partial charge in [-0.2, -0.15) is 0 Å². The first-order chi connectivity index (χ1) is 25.5. The Morgan fingerprint density at radius 1 is 0.769 bits per heavy atom. The molecule has 1 aromatic heterocycles. The van der Waals surface area contributed by atoms with Crippen molar-refractivity contribution >= 4 is 17.3 Å². The molecule has 0 amide bonds. The summed E-state index contributed by atoms with van der Waals surface area (Å²) in [6.45, 7) is 4.38. The smallest absolute Gasteiger partial charge is 0.144 e. The minimum atomic E-state index is -0.673. The third kappa shape index (κ3) is 7.27. The molecule has 0 saturated carbocycles. The van der Waals surface area contributed by atoms with Crippen molar-refractivity contribution in [2.45, 2.75) is 44.8 Å². The van der Waals surface area contributed by atoms with Gasteiger partial charge < -0.3 is 10.3 Å². The Morgan fingerprint density at radius 3 is 2.10 bits per heavy atom. The largest absolute Gasteiger partial charge is 0.309 e. The van der Waals surface area contributed by atoms with Gasteiger partial charge in [-0.25, -0.2) is 4.98 Å². The van der Waals surface area contributed by atoms with E-state index >= 15 is 0 Å². The molecule has 3 unspecified atom stereocenters. The van der Waals surface area contributed by atoms with E-state index in [2.05, 4.69) is 140 Å². The Hall–Kier alpha value is -5.55. The van der Waals surface area contributed by atoms with Crippen molar-refractivity contribution in [3.05, 3.63) is 197 Å². The third-order valence-electron chi connectivity index (χ3n) is 9.79. The normalized spacial score (nSPS) is 14.8. The second-order valence-electron chi connectivity index (χ2n) is 13.1. The summed E-state index contributed by atoms with van der Waals surface area (Å²) in [7, 11) is 0. The molecule has 0 saturated heterocycles. The number of imidazole rings is 1. The number of nitrogens with two attached hydrogens (primary N) is 1. The molecule has 258 valence electrons. The number of allylic oxidation sites excluding steroid dienone is 6. The molecule has 6 aromatic rings. The van der Waals surface area contributed by atoms with Gasteiger partial charge in [0.05, 0.1) is 16.4 Å². The molecule has 52 heavy (non-hydrogen) atoms. The Morgan fingerprint density at radius 2 is 1.40 bits per heavy atom. The second kappa shape index (κ2) is 16.2. The number of aliphatic imine (C=N–C) groups is 1. The zero-order chi connectivity index (χ0) is 35.9. The molecule has 2 N–H and O–H groups in total. The Bertz CT molecular complexity index is 2250. The highest BCUT2D eigenvalue weighted by molar-refractivity contribution is 6.33. The molecule has 0 aliphatic heterocycles. The number of halogens is 1. The van der Waals surface area contributed by atoms with Crippen LogP contribution < -0.4 is 5.73 Å². The van der Waals surface area contributed by atoms with E-state index in [4.69, 9.17) is 27.3 Å². The van der Waals surface area contributed by atoms with Crippen molar-refractivity contribution in [3.8, 4) is 33.9 Å². The first kappa shape index (κ1) is 34.9. The molecular weight excluding hydrogens is 656 g/mol. The maximum Gasteiger partial charge on any atom is 0.144 e. The summed E-state index contributed by atoms with van der Waals surface area (Å²) in [5.74, 6) is 0.756. The fourth-order valence-corrected chi connectivity index (χ4v) is 7.42. The highest BCUT2D eigenvalue weighted by Crippen LogP contribution is 2.43.